The van der Waals surface area contributed by atoms with Crippen LogP contribution in [0.3, 0.4) is 0 Å². The minimum Gasteiger partial charge on any atom is -0.373 e. The summed E-state index contributed by atoms with van der Waals surface area (Å²) < 4.78 is 6.05. The molecular formula is C17H20N6O. The molecule has 0 unspecified atom stereocenters. The standard InChI is InChI=1S/C17H20N6O/c18-17-21-15-14(19-11-20-15)16(22-17)23-8-6-13(7-9-23)24-10-12-4-2-1-3-5-12/h1-5,11,13H,6-10H2,(H3,18,19,20,21,22). The second kappa shape index (κ2) is 6.45. The molecule has 1 aliphatic heterocycles. The van der Waals surface area contributed by atoms with E-state index in [0.29, 0.717) is 12.3 Å². The fraction of sp³-hybridized carbons (Fsp3) is 0.353. The molecule has 0 aliphatic carbocycles. The number of benzene rings is 1. The number of H-pyrrole nitrogens is 1. The van der Waals surface area contributed by atoms with Crippen LogP contribution < -0.4 is 10.6 Å². The van der Waals surface area contributed by atoms with Gasteiger partial charge in [-0.25, -0.2) is 4.98 Å². The Hall–Kier alpha value is -2.67. The molecule has 1 aromatic carbocycles. The maximum Gasteiger partial charge on any atom is 0.224 e. The van der Waals surface area contributed by atoms with Gasteiger partial charge in [0.25, 0.3) is 0 Å². The number of imidazole rings is 1. The van der Waals surface area contributed by atoms with Crippen molar-refractivity contribution in [3.8, 4) is 0 Å². The number of nitrogen functional groups attached to an aromatic ring is 1. The number of fused-ring (bicyclic) bond motifs is 1. The zero-order valence-electron chi connectivity index (χ0n) is 13.4. The van der Waals surface area contributed by atoms with Gasteiger partial charge in [0.15, 0.2) is 11.5 Å². The number of nitrogens with zero attached hydrogens (tertiary/aromatic N) is 4. The van der Waals surface area contributed by atoms with E-state index in [2.05, 4.69) is 37.0 Å². The van der Waals surface area contributed by atoms with Gasteiger partial charge in [-0.05, 0) is 18.4 Å². The lowest BCUT2D eigenvalue weighted by molar-refractivity contribution is 0.0251. The Kier molecular flexibility index (Phi) is 4.00. The summed E-state index contributed by atoms with van der Waals surface area (Å²) in [4.78, 5) is 18.0. The van der Waals surface area contributed by atoms with Crippen molar-refractivity contribution in [2.24, 2.45) is 0 Å². The van der Waals surface area contributed by atoms with Crippen molar-refractivity contribution in [3.63, 3.8) is 0 Å². The zero-order valence-corrected chi connectivity index (χ0v) is 13.4. The minimum absolute atomic E-state index is 0.257. The summed E-state index contributed by atoms with van der Waals surface area (Å²) in [5, 5.41) is 0. The number of anilines is 2. The van der Waals surface area contributed by atoms with Crippen molar-refractivity contribution in [1.82, 2.24) is 19.9 Å². The van der Waals surface area contributed by atoms with Crippen molar-refractivity contribution >= 4 is 22.9 Å². The van der Waals surface area contributed by atoms with Gasteiger partial charge in [-0.3, -0.25) is 0 Å². The molecule has 7 nitrogen and oxygen atoms in total. The molecule has 2 aromatic heterocycles. The highest BCUT2D eigenvalue weighted by Gasteiger charge is 2.23. The Bertz CT molecular complexity index is 810. The van der Waals surface area contributed by atoms with E-state index >= 15 is 0 Å². The third kappa shape index (κ3) is 3.03. The highest BCUT2D eigenvalue weighted by atomic mass is 16.5. The van der Waals surface area contributed by atoms with E-state index in [1.54, 1.807) is 6.33 Å². The summed E-state index contributed by atoms with van der Waals surface area (Å²) in [6, 6.07) is 10.3. The number of rotatable bonds is 4. The van der Waals surface area contributed by atoms with Crippen molar-refractivity contribution in [2.75, 3.05) is 23.7 Å². The number of nitrogens with one attached hydrogen (secondary N) is 1. The minimum atomic E-state index is 0.257. The Balaban J connectivity index is 1.39. The van der Waals surface area contributed by atoms with Gasteiger partial charge in [-0.1, -0.05) is 30.3 Å². The molecule has 3 heterocycles. The summed E-state index contributed by atoms with van der Waals surface area (Å²) >= 11 is 0. The summed E-state index contributed by atoms with van der Waals surface area (Å²) in [5.74, 6) is 1.09. The van der Waals surface area contributed by atoms with Crippen LogP contribution in [-0.2, 0) is 11.3 Å². The molecule has 7 heteroatoms. The van der Waals surface area contributed by atoms with E-state index in [1.165, 1.54) is 5.56 Å². The molecule has 1 saturated heterocycles. The zero-order chi connectivity index (χ0) is 16.4. The van der Waals surface area contributed by atoms with Gasteiger partial charge in [-0.15, -0.1) is 0 Å². The molecule has 1 fully saturated rings. The highest BCUT2D eigenvalue weighted by molar-refractivity contribution is 5.84. The maximum atomic E-state index is 6.05. The van der Waals surface area contributed by atoms with Crippen molar-refractivity contribution < 1.29 is 4.74 Å². The quantitative estimate of drug-likeness (QED) is 0.763. The first kappa shape index (κ1) is 14.9. The van der Waals surface area contributed by atoms with Gasteiger partial charge >= 0.3 is 0 Å². The number of ether oxygens (including phenoxy) is 1. The lowest BCUT2D eigenvalue weighted by atomic mass is 10.1. The fourth-order valence-corrected chi connectivity index (χ4v) is 3.09. The van der Waals surface area contributed by atoms with E-state index in [0.717, 1.165) is 37.3 Å². The number of hydrogen-bond donors (Lipinski definition) is 2. The maximum absolute atomic E-state index is 6.05. The first-order chi connectivity index (χ1) is 11.8. The van der Waals surface area contributed by atoms with Gasteiger partial charge in [0, 0.05) is 13.1 Å². The van der Waals surface area contributed by atoms with E-state index in [1.807, 2.05) is 18.2 Å². The molecular weight excluding hydrogens is 304 g/mol. The van der Waals surface area contributed by atoms with Crippen LogP contribution in [-0.4, -0.2) is 39.1 Å². The van der Waals surface area contributed by atoms with Crippen LogP contribution in [0.1, 0.15) is 18.4 Å². The lowest BCUT2D eigenvalue weighted by Gasteiger charge is -2.32. The molecule has 0 amide bonds. The van der Waals surface area contributed by atoms with Crippen molar-refractivity contribution in [2.45, 2.75) is 25.6 Å². The average molecular weight is 324 g/mol. The molecule has 124 valence electrons. The molecule has 0 radical (unpaired) electrons. The smallest absolute Gasteiger partial charge is 0.224 e. The Morgan fingerprint density at radius 1 is 1.17 bits per heavy atom. The summed E-state index contributed by atoms with van der Waals surface area (Å²) in [6.07, 6.45) is 3.83. The topological polar surface area (TPSA) is 92.9 Å². The van der Waals surface area contributed by atoms with Gasteiger partial charge in [0.1, 0.15) is 5.52 Å². The van der Waals surface area contributed by atoms with Crippen molar-refractivity contribution in [1.29, 1.82) is 0 Å². The van der Waals surface area contributed by atoms with Crippen LogP contribution in [0, 0.1) is 0 Å². The normalized spacial score (nSPS) is 15.9. The molecule has 0 atom stereocenters. The first-order valence-electron chi connectivity index (χ1n) is 8.16. The van der Waals surface area contributed by atoms with Crippen LogP contribution in [0.25, 0.3) is 11.2 Å². The molecule has 24 heavy (non-hydrogen) atoms. The second-order valence-electron chi connectivity index (χ2n) is 5.99. The predicted octanol–water partition coefficient (Wildman–Crippen LogP) is 2.12. The predicted molar refractivity (Wildman–Crippen MR) is 92.6 cm³/mol. The molecule has 0 saturated carbocycles. The second-order valence-corrected chi connectivity index (χ2v) is 5.99. The summed E-state index contributed by atoms with van der Waals surface area (Å²) in [7, 11) is 0. The molecule has 4 rings (SSSR count). The number of piperidine rings is 1. The summed E-state index contributed by atoms with van der Waals surface area (Å²) in [6.45, 7) is 2.42. The average Bonchev–Trinajstić information content (AvgIpc) is 3.09. The molecule has 3 aromatic rings. The third-order valence-electron chi connectivity index (χ3n) is 4.35. The van der Waals surface area contributed by atoms with Crippen LogP contribution in [0.15, 0.2) is 36.7 Å². The summed E-state index contributed by atoms with van der Waals surface area (Å²) in [5.41, 5.74) is 8.46. The number of nitrogens with two attached hydrogens (primary N) is 1. The van der Waals surface area contributed by atoms with Crippen LogP contribution in [0.5, 0.6) is 0 Å². The SMILES string of the molecule is Nc1nc(N2CCC(OCc3ccccc3)CC2)c2[nH]cnc2n1. The van der Waals surface area contributed by atoms with Crippen LogP contribution in [0.4, 0.5) is 11.8 Å². The van der Waals surface area contributed by atoms with E-state index in [9.17, 15) is 0 Å². The number of aromatic nitrogens is 4. The van der Waals surface area contributed by atoms with Crippen LogP contribution >= 0.6 is 0 Å². The van der Waals surface area contributed by atoms with E-state index in [4.69, 9.17) is 10.5 Å². The molecule has 1 aliphatic rings. The third-order valence-corrected chi connectivity index (χ3v) is 4.35. The number of aromatic amines is 1. The Labute approximate surface area is 139 Å². The van der Waals surface area contributed by atoms with Crippen LogP contribution in [0.2, 0.25) is 0 Å². The fourth-order valence-electron chi connectivity index (χ4n) is 3.09. The first-order valence-corrected chi connectivity index (χ1v) is 8.16. The molecule has 3 N–H and O–H groups in total. The Morgan fingerprint density at radius 2 is 1.96 bits per heavy atom. The number of hydrogen-bond acceptors (Lipinski definition) is 6. The highest BCUT2D eigenvalue weighted by Crippen LogP contribution is 2.26. The van der Waals surface area contributed by atoms with Gasteiger partial charge in [0.05, 0.1) is 19.0 Å². The Morgan fingerprint density at radius 3 is 2.75 bits per heavy atom. The monoisotopic (exact) mass is 324 g/mol. The molecule has 0 spiro atoms. The van der Waals surface area contributed by atoms with E-state index in [-0.39, 0.29) is 12.1 Å². The van der Waals surface area contributed by atoms with Gasteiger partial charge in [-0.2, -0.15) is 9.97 Å². The molecule has 0 bridgehead atoms. The lowest BCUT2D eigenvalue weighted by Crippen LogP contribution is -2.37. The van der Waals surface area contributed by atoms with Gasteiger partial charge in [0.2, 0.25) is 5.95 Å². The largest absolute Gasteiger partial charge is 0.373 e. The van der Waals surface area contributed by atoms with E-state index < -0.39 is 0 Å². The van der Waals surface area contributed by atoms with Crippen molar-refractivity contribution in [3.05, 3.63) is 42.2 Å². The van der Waals surface area contributed by atoms with Gasteiger partial charge < -0.3 is 20.4 Å².